The zero-order valence-electron chi connectivity index (χ0n) is 19.3. The summed E-state index contributed by atoms with van der Waals surface area (Å²) in [6, 6.07) is 7.12. The molecule has 1 saturated heterocycles. The fraction of sp³-hybridized carbons (Fsp3) is 0.435. The van der Waals surface area contributed by atoms with Crippen LogP contribution in [0.5, 0.6) is 11.6 Å². The summed E-state index contributed by atoms with van der Waals surface area (Å²) in [7, 11) is 1.53. The number of carbonyl (C=O) groups is 1. The van der Waals surface area contributed by atoms with E-state index in [0.29, 0.717) is 67.9 Å². The van der Waals surface area contributed by atoms with Gasteiger partial charge in [-0.05, 0) is 18.2 Å². The third-order valence-corrected chi connectivity index (χ3v) is 6.24. The number of fused-ring (bicyclic) bond motifs is 2. The molecule has 12 nitrogen and oxygen atoms in total. The number of hydrogen-bond donors (Lipinski definition) is 3. The van der Waals surface area contributed by atoms with Crippen LogP contribution in [-0.2, 0) is 17.9 Å². The summed E-state index contributed by atoms with van der Waals surface area (Å²) in [6.07, 6.45) is 0.824. The highest BCUT2D eigenvalue weighted by Crippen LogP contribution is 2.25. The number of β-amino-alcohol motifs (C(OH)–C–C–N with tert-alkyl or cyclic N) is 1. The van der Waals surface area contributed by atoms with Crippen LogP contribution in [0.15, 0.2) is 35.3 Å². The molecular formula is C23H27N7O5. The van der Waals surface area contributed by atoms with Gasteiger partial charge in [0.2, 0.25) is 5.88 Å². The van der Waals surface area contributed by atoms with Gasteiger partial charge in [0, 0.05) is 51.3 Å². The second-order valence-electron chi connectivity index (χ2n) is 8.65. The van der Waals surface area contributed by atoms with E-state index in [0.717, 1.165) is 5.69 Å². The highest BCUT2D eigenvalue weighted by molar-refractivity contribution is 5.94. The Hall–Kier alpha value is -3.61. The van der Waals surface area contributed by atoms with Crippen molar-refractivity contribution in [3.8, 4) is 11.6 Å². The molecule has 0 aliphatic carbocycles. The number of anilines is 1. The number of pyridine rings is 2. The van der Waals surface area contributed by atoms with E-state index >= 15 is 0 Å². The molecule has 0 saturated carbocycles. The largest absolute Gasteiger partial charge is 0.481 e. The van der Waals surface area contributed by atoms with E-state index in [-0.39, 0.29) is 24.0 Å². The molecule has 2 aliphatic heterocycles. The van der Waals surface area contributed by atoms with E-state index < -0.39 is 6.10 Å². The SMILES string of the molecule is COc1ccc2ncc(=O)n(CCN3C[C@@H](CNCc4ccc5c(n4)NC(=O)CO5)[C@H](O)C3)c2n1. The lowest BCUT2D eigenvalue weighted by atomic mass is 10.1. The van der Waals surface area contributed by atoms with Crippen LogP contribution in [0, 0.1) is 5.92 Å². The van der Waals surface area contributed by atoms with E-state index in [1.807, 2.05) is 6.07 Å². The number of aliphatic hydroxyl groups excluding tert-OH is 1. The predicted molar refractivity (Wildman–Crippen MR) is 126 cm³/mol. The Kier molecular flexibility index (Phi) is 6.57. The molecule has 5 heterocycles. The highest BCUT2D eigenvalue weighted by Gasteiger charge is 2.30. The number of nitrogens with one attached hydrogen (secondary N) is 2. The van der Waals surface area contributed by atoms with E-state index in [4.69, 9.17) is 9.47 Å². The number of ether oxygens (including phenoxy) is 2. The zero-order valence-corrected chi connectivity index (χ0v) is 19.3. The fourth-order valence-electron chi connectivity index (χ4n) is 4.41. The minimum Gasteiger partial charge on any atom is -0.481 e. The number of likely N-dealkylation sites (tertiary alicyclic amines) is 1. The molecule has 184 valence electrons. The Morgan fingerprint density at radius 2 is 2.09 bits per heavy atom. The number of amides is 1. The van der Waals surface area contributed by atoms with Crippen molar-refractivity contribution in [1.29, 1.82) is 0 Å². The molecule has 0 bridgehead atoms. The van der Waals surface area contributed by atoms with Crippen molar-refractivity contribution in [2.75, 3.05) is 45.2 Å². The first-order valence-corrected chi connectivity index (χ1v) is 11.4. The minimum atomic E-state index is -0.476. The van der Waals surface area contributed by atoms with Gasteiger partial charge in [0.1, 0.15) is 5.52 Å². The second-order valence-corrected chi connectivity index (χ2v) is 8.65. The third kappa shape index (κ3) is 5.09. The van der Waals surface area contributed by atoms with Crippen molar-refractivity contribution in [2.45, 2.75) is 19.2 Å². The summed E-state index contributed by atoms with van der Waals surface area (Å²) in [5.74, 6) is 1.23. The van der Waals surface area contributed by atoms with Gasteiger partial charge in [0.05, 0.1) is 25.1 Å². The average Bonchev–Trinajstić information content (AvgIpc) is 3.21. The molecule has 2 aliphatic rings. The topological polar surface area (TPSA) is 144 Å². The number of nitrogens with zero attached hydrogens (tertiary/aromatic N) is 5. The number of aromatic nitrogens is 4. The van der Waals surface area contributed by atoms with E-state index in [2.05, 4.69) is 30.5 Å². The average molecular weight is 482 g/mol. The standard InChI is InChI=1S/C23H27N7O5/c1-34-20-5-3-16-23(28-20)30(21(33)10-25-16)7-6-29-11-14(17(31)12-29)8-24-9-15-2-4-18-22(26-15)27-19(32)13-35-18/h2-5,10,14,17,24,31H,6-9,11-13H2,1H3,(H,26,27,32)/t14-,17-/m1/s1. The Labute approximate surface area is 200 Å². The maximum Gasteiger partial charge on any atom is 0.270 e. The third-order valence-electron chi connectivity index (χ3n) is 6.24. The van der Waals surface area contributed by atoms with Crippen LogP contribution in [0.2, 0.25) is 0 Å². The van der Waals surface area contributed by atoms with Crippen LogP contribution in [0.25, 0.3) is 11.2 Å². The molecule has 0 aromatic carbocycles. The zero-order chi connectivity index (χ0) is 24.4. The second kappa shape index (κ2) is 9.94. The van der Waals surface area contributed by atoms with Gasteiger partial charge in [0.15, 0.2) is 23.8 Å². The van der Waals surface area contributed by atoms with E-state index in [1.165, 1.54) is 13.3 Å². The quantitative estimate of drug-likeness (QED) is 0.389. The lowest BCUT2D eigenvalue weighted by Crippen LogP contribution is -2.32. The highest BCUT2D eigenvalue weighted by atomic mass is 16.5. The number of rotatable bonds is 8. The molecule has 3 aromatic heterocycles. The van der Waals surface area contributed by atoms with Gasteiger partial charge in [-0.15, -0.1) is 0 Å². The van der Waals surface area contributed by atoms with E-state index in [9.17, 15) is 14.7 Å². The van der Waals surface area contributed by atoms with Crippen LogP contribution in [0.1, 0.15) is 5.69 Å². The normalized spacial score (nSPS) is 19.9. The summed E-state index contributed by atoms with van der Waals surface area (Å²) in [5, 5.41) is 16.6. The van der Waals surface area contributed by atoms with Gasteiger partial charge >= 0.3 is 0 Å². The monoisotopic (exact) mass is 481 g/mol. The van der Waals surface area contributed by atoms with Crippen molar-refractivity contribution in [1.82, 2.24) is 29.7 Å². The Bertz CT molecular complexity index is 1300. The molecule has 0 spiro atoms. The summed E-state index contributed by atoms with van der Waals surface area (Å²) in [6.45, 7) is 3.36. The van der Waals surface area contributed by atoms with Crippen LogP contribution < -0.4 is 25.7 Å². The Morgan fingerprint density at radius 3 is 2.94 bits per heavy atom. The van der Waals surface area contributed by atoms with Gasteiger partial charge in [0.25, 0.3) is 11.5 Å². The summed E-state index contributed by atoms with van der Waals surface area (Å²) < 4.78 is 12.1. The minimum absolute atomic E-state index is 0.000922. The number of carbonyl (C=O) groups excluding carboxylic acids is 1. The number of methoxy groups -OCH3 is 1. The summed E-state index contributed by atoms with van der Waals surface area (Å²) in [5.41, 5.74) is 1.64. The van der Waals surface area contributed by atoms with Crippen molar-refractivity contribution in [2.24, 2.45) is 5.92 Å². The van der Waals surface area contributed by atoms with Gasteiger partial charge in [-0.1, -0.05) is 0 Å². The summed E-state index contributed by atoms with van der Waals surface area (Å²) in [4.78, 5) is 39.1. The van der Waals surface area contributed by atoms with E-state index in [1.54, 1.807) is 22.8 Å². The molecule has 2 atom stereocenters. The molecule has 12 heteroatoms. The first-order valence-electron chi connectivity index (χ1n) is 11.4. The van der Waals surface area contributed by atoms with Crippen LogP contribution >= 0.6 is 0 Å². The number of aliphatic hydroxyl groups is 1. The molecule has 3 aromatic rings. The number of hydrogen-bond acceptors (Lipinski definition) is 10. The molecule has 5 rings (SSSR count). The van der Waals surface area contributed by atoms with Crippen LogP contribution in [0.4, 0.5) is 5.82 Å². The van der Waals surface area contributed by atoms with Crippen molar-refractivity contribution >= 4 is 22.9 Å². The first kappa shape index (κ1) is 23.1. The molecule has 3 N–H and O–H groups in total. The smallest absolute Gasteiger partial charge is 0.270 e. The lowest BCUT2D eigenvalue weighted by Gasteiger charge is -2.18. The molecular weight excluding hydrogens is 454 g/mol. The fourth-order valence-corrected chi connectivity index (χ4v) is 4.41. The Balaban J connectivity index is 1.16. The van der Waals surface area contributed by atoms with Gasteiger partial charge < -0.3 is 25.2 Å². The molecule has 0 unspecified atom stereocenters. The molecule has 1 amide bonds. The van der Waals surface area contributed by atoms with Crippen molar-refractivity contribution < 1.29 is 19.4 Å². The predicted octanol–water partition coefficient (Wildman–Crippen LogP) is -0.391. The van der Waals surface area contributed by atoms with Gasteiger partial charge in [-0.3, -0.25) is 19.1 Å². The molecule has 35 heavy (non-hydrogen) atoms. The Morgan fingerprint density at radius 1 is 1.20 bits per heavy atom. The summed E-state index contributed by atoms with van der Waals surface area (Å²) >= 11 is 0. The van der Waals surface area contributed by atoms with Crippen LogP contribution in [0.3, 0.4) is 0 Å². The molecule has 1 fully saturated rings. The van der Waals surface area contributed by atoms with Gasteiger partial charge in [-0.2, -0.15) is 4.98 Å². The molecule has 0 radical (unpaired) electrons. The lowest BCUT2D eigenvalue weighted by molar-refractivity contribution is -0.118. The van der Waals surface area contributed by atoms with Gasteiger partial charge in [-0.25, -0.2) is 9.97 Å². The maximum atomic E-state index is 12.5. The maximum absolute atomic E-state index is 12.5. The van der Waals surface area contributed by atoms with Crippen molar-refractivity contribution in [3.05, 3.63) is 46.5 Å². The first-order chi connectivity index (χ1) is 17.0. The van der Waals surface area contributed by atoms with Crippen LogP contribution in [-0.4, -0.2) is 81.4 Å². The van der Waals surface area contributed by atoms with Crippen molar-refractivity contribution in [3.63, 3.8) is 0 Å².